The highest BCUT2D eigenvalue weighted by Crippen LogP contribution is 2.13. The Hall–Kier alpha value is -9.25. The van der Waals surface area contributed by atoms with Gasteiger partial charge in [-0.3, -0.25) is 76.9 Å². The van der Waals surface area contributed by atoms with Crippen molar-refractivity contribution in [3.05, 3.63) is 0 Å². The molecule has 0 aliphatic heterocycles. The van der Waals surface area contributed by atoms with Crippen molar-refractivity contribution in [2.24, 2.45) is 39.6 Å². The third-order valence-corrected chi connectivity index (χ3v) is 11.4. The second-order valence-electron chi connectivity index (χ2n) is 18.3. The third kappa shape index (κ3) is 29.3. The molecule has 36 heteroatoms. The average Bonchev–Trinajstić information content (AvgIpc) is 3.35. The Labute approximate surface area is 461 Å². The second-order valence-corrected chi connectivity index (χ2v) is 18.3. The lowest BCUT2D eigenvalue weighted by Gasteiger charge is -2.29. The van der Waals surface area contributed by atoms with E-state index in [1.165, 1.54) is 27.7 Å². The molecule has 0 spiro atoms. The predicted octanol–water partition coefficient (Wildman–Crippen LogP) is -8.28. The van der Waals surface area contributed by atoms with Gasteiger partial charge in [-0.1, -0.05) is 20.3 Å². The van der Waals surface area contributed by atoms with E-state index in [-0.39, 0.29) is 31.8 Å². The summed E-state index contributed by atoms with van der Waals surface area (Å²) in [4.78, 5) is 207. The zero-order valence-electron chi connectivity index (χ0n) is 44.6. The van der Waals surface area contributed by atoms with Crippen molar-refractivity contribution in [2.75, 3.05) is 6.54 Å². The number of hydrogen-bond acceptors (Lipinski definition) is 18. The number of nitrogens with two attached hydrogens (primary N) is 5. The largest absolute Gasteiger partial charge is 0.481 e. The van der Waals surface area contributed by atoms with Crippen LogP contribution in [-0.4, -0.2) is 193 Å². The molecule has 0 saturated carbocycles. The van der Waals surface area contributed by atoms with E-state index in [1.54, 1.807) is 0 Å². The van der Waals surface area contributed by atoms with Gasteiger partial charge in [-0.05, 0) is 51.9 Å². The molecule has 0 aromatic rings. The summed E-state index contributed by atoms with van der Waals surface area (Å²) in [6.07, 6.45) is -8.25. The monoisotopic (exact) mass is 1160 g/mol. The number of nitrogens with zero attached hydrogens (tertiary/aromatic N) is 1. The maximum atomic E-state index is 14.0. The Morgan fingerprint density at radius 3 is 1.12 bits per heavy atom. The lowest BCUT2D eigenvalue weighted by atomic mass is 9.96. The van der Waals surface area contributed by atoms with Gasteiger partial charge in [0, 0.05) is 25.8 Å². The Morgan fingerprint density at radius 2 is 0.753 bits per heavy atom. The SMILES string of the molecule is CC[C@H](C)[C@H](NC(=O)[C@H](CCC(=O)O)NC(=O)[C@H](CC(=O)O)NC(=O)[C@H](CCC(=O)O)NC(=O)[C@H](CCCN=C(N)N)NC(=O)[C@H](CC(N)=O)NC(=O)[C@H](C)NC(=O)[C@H](C)N)C(=O)N[C@@H](CCC(=O)O)C(=O)N[C@@H](CC(N)=O)C(=O)O. The second kappa shape index (κ2) is 36.0. The molecule has 0 heterocycles. The Balaban J connectivity index is 7.06. The molecular formula is C45H73N15O21. The number of aliphatic carboxylic acids is 5. The first kappa shape index (κ1) is 71.8. The smallest absolute Gasteiger partial charge is 0.326 e. The number of amides is 11. The molecule has 11 amide bonds. The molecule has 0 aromatic carbocycles. The minimum absolute atomic E-state index is 0.0817. The van der Waals surface area contributed by atoms with Gasteiger partial charge in [-0.25, -0.2) is 4.79 Å². The van der Waals surface area contributed by atoms with Gasteiger partial charge in [0.1, 0.15) is 54.4 Å². The summed E-state index contributed by atoms with van der Waals surface area (Å²) < 4.78 is 0. The topological polar surface area (TPSA) is 625 Å². The summed E-state index contributed by atoms with van der Waals surface area (Å²) in [5.74, 6) is -22.6. The van der Waals surface area contributed by atoms with Gasteiger partial charge in [0.15, 0.2) is 5.96 Å². The number of rotatable bonds is 40. The molecule has 454 valence electrons. The third-order valence-electron chi connectivity index (χ3n) is 11.4. The van der Waals surface area contributed by atoms with E-state index in [4.69, 9.17) is 28.7 Å². The van der Waals surface area contributed by atoms with Gasteiger partial charge < -0.3 is 102 Å². The van der Waals surface area contributed by atoms with Gasteiger partial charge in [-0.2, -0.15) is 0 Å². The van der Waals surface area contributed by atoms with Gasteiger partial charge in [0.05, 0.1) is 25.3 Å². The van der Waals surface area contributed by atoms with Crippen LogP contribution in [0.25, 0.3) is 0 Å². The van der Waals surface area contributed by atoms with Crippen LogP contribution < -0.4 is 76.5 Å². The maximum Gasteiger partial charge on any atom is 0.326 e. The molecule has 36 nitrogen and oxygen atoms in total. The standard InChI is InChI=1S/C45H73N15O21/c1-5-18(2)34(43(79)56-23(9-12-31(65)66)39(75)59-27(44(80)81)16-29(48)62)60-40(76)24(10-13-32(67)68)55-42(78)26(17-33(69)70)58-38(74)22(8-11-30(63)64)54-37(73)21(7-6-14-51-45(49)50)53-41(77)25(15-28(47)61)57-36(72)20(4)52-35(71)19(3)46/h18-27,34H,5-17,46H2,1-4H3,(H2,47,61)(H2,48,62)(H,52,71)(H,53,77)(H,54,73)(H,55,78)(H,56,79)(H,57,72)(H,58,74)(H,59,75)(H,60,76)(H,63,64)(H,65,66)(H,67,68)(H,69,70)(H,80,81)(H4,49,50,51)/t18-,19-,20-,21-,22-,23-,24-,25-,26-,27-,34-/m0/s1. The van der Waals surface area contributed by atoms with Crippen LogP contribution in [-0.2, 0) is 76.7 Å². The summed E-state index contributed by atoms with van der Waals surface area (Å²) >= 11 is 0. The van der Waals surface area contributed by atoms with E-state index in [9.17, 15) is 102 Å². The number of guanidine groups is 1. The van der Waals surface area contributed by atoms with E-state index >= 15 is 0 Å². The van der Waals surface area contributed by atoms with Gasteiger partial charge in [0.2, 0.25) is 65.0 Å². The summed E-state index contributed by atoms with van der Waals surface area (Å²) in [7, 11) is 0. The van der Waals surface area contributed by atoms with Crippen LogP contribution in [0.1, 0.15) is 105 Å². The number of hydrogen-bond donors (Lipinski definition) is 19. The van der Waals surface area contributed by atoms with Crippen molar-refractivity contribution in [3.63, 3.8) is 0 Å². The summed E-state index contributed by atoms with van der Waals surface area (Å²) in [6, 6.07) is -17.6. The van der Waals surface area contributed by atoms with Crippen LogP contribution in [0, 0.1) is 5.92 Å². The molecule has 0 unspecified atom stereocenters. The zero-order chi connectivity index (χ0) is 62.4. The van der Waals surface area contributed by atoms with Gasteiger partial charge in [0.25, 0.3) is 0 Å². The molecule has 0 saturated heterocycles. The molecule has 0 bridgehead atoms. The maximum absolute atomic E-state index is 14.0. The van der Waals surface area contributed by atoms with E-state index in [2.05, 4.69) is 42.2 Å². The molecule has 24 N–H and O–H groups in total. The molecule has 0 radical (unpaired) electrons. The van der Waals surface area contributed by atoms with E-state index in [0.717, 1.165) is 0 Å². The fourth-order valence-corrected chi connectivity index (χ4v) is 6.86. The van der Waals surface area contributed by atoms with Crippen LogP contribution in [0.3, 0.4) is 0 Å². The molecule has 0 fully saturated rings. The zero-order valence-corrected chi connectivity index (χ0v) is 44.6. The van der Waals surface area contributed by atoms with E-state index < -0.39 is 219 Å². The van der Waals surface area contributed by atoms with Crippen molar-refractivity contribution in [2.45, 2.75) is 165 Å². The predicted molar refractivity (Wildman–Crippen MR) is 274 cm³/mol. The molecule has 0 rings (SSSR count). The average molecular weight is 1160 g/mol. The fourth-order valence-electron chi connectivity index (χ4n) is 6.86. The Bertz CT molecular complexity index is 2370. The summed E-state index contributed by atoms with van der Waals surface area (Å²) in [5.41, 5.74) is 26.6. The molecule has 0 aliphatic carbocycles. The molecule has 81 heavy (non-hydrogen) atoms. The van der Waals surface area contributed by atoms with Crippen molar-refractivity contribution < 1.29 is 102 Å². The lowest BCUT2D eigenvalue weighted by molar-refractivity contribution is -0.144. The van der Waals surface area contributed by atoms with Crippen molar-refractivity contribution in [3.8, 4) is 0 Å². The highest BCUT2D eigenvalue weighted by Gasteiger charge is 2.37. The normalized spacial score (nSPS) is 14.8. The number of carbonyl (C=O) groups is 16. The highest BCUT2D eigenvalue weighted by molar-refractivity contribution is 6.00. The number of carboxylic acids is 5. The number of carboxylic acid groups (broad SMARTS) is 5. The minimum Gasteiger partial charge on any atom is -0.481 e. The highest BCUT2D eigenvalue weighted by atomic mass is 16.4. The van der Waals surface area contributed by atoms with Gasteiger partial charge in [-0.15, -0.1) is 0 Å². The number of carbonyl (C=O) groups excluding carboxylic acids is 11. The minimum atomic E-state index is -2.22. The Morgan fingerprint density at radius 1 is 0.407 bits per heavy atom. The van der Waals surface area contributed by atoms with Crippen LogP contribution in [0.15, 0.2) is 4.99 Å². The van der Waals surface area contributed by atoms with Crippen LogP contribution in [0.5, 0.6) is 0 Å². The fraction of sp³-hybridized carbons (Fsp3) is 0.622. The van der Waals surface area contributed by atoms with Crippen LogP contribution >= 0.6 is 0 Å². The quantitative estimate of drug-likeness (QED) is 0.0154. The Kier molecular flexibility index (Phi) is 31.9. The first-order valence-electron chi connectivity index (χ1n) is 24.8. The van der Waals surface area contributed by atoms with Crippen molar-refractivity contribution in [1.82, 2.24) is 47.9 Å². The van der Waals surface area contributed by atoms with Crippen molar-refractivity contribution >= 4 is 101 Å². The molecular weight excluding hydrogens is 1090 g/mol. The first-order valence-corrected chi connectivity index (χ1v) is 24.8. The van der Waals surface area contributed by atoms with E-state index in [1.807, 2.05) is 10.6 Å². The van der Waals surface area contributed by atoms with Gasteiger partial charge >= 0.3 is 29.8 Å². The summed E-state index contributed by atoms with van der Waals surface area (Å²) in [5, 5.41) is 67.1. The number of nitrogens with one attached hydrogen (secondary N) is 9. The summed E-state index contributed by atoms with van der Waals surface area (Å²) in [6.45, 7) is 5.30. The lowest BCUT2D eigenvalue weighted by Crippen LogP contribution is -2.61. The number of aliphatic imine (C=N–C) groups is 1. The van der Waals surface area contributed by atoms with Crippen LogP contribution in [0.2, 0.25) is 0 Å². The van der Waals surface area contributed by atoms with E-state index in [0.29, 0.717) is 0 Å². The number of primary amides is 2. The molecule has 0 aromatic heterocycles. The first-order chi connectivity index (χ1) is 37.6. The molecule has 0 aliphatic rings. The molecule has 11 atom stereocenters. The van der Waals surface area contributed by atoms with Crippen molar-refractivity contribution in [1.29, 1.82) is 0 Å². The van der Waals surface area contributed by atoms with Crippen LogP contribution in [0.4, 0.5) is 0 Å².